The van der Waals surface area contributed by atoms with Crippen molar-refractivity contribution >= 4 is 12.1 Å². The monoisotopic (exact) mass is 248 g/mol. The fourth-order valence-corrected chi connectivity index (χ4v) is 3.03. The van der Waals surface area contributed by atoms with Crippen molar-refractivity contribution in [3.8, 4) is 0 Å². The lowest BCUT2D eigenvalue weighted by atomic mass is 9.93. The molecule has 3 aliphatic rings. The Hall–Kier alpha value is -1.40. The van der Waals surface area contributed by atoms with Crippen molar-refractivity contribution in [2.45, 2.75) is 38.6 Å². The maximum absolute atomic E-state index is 6.54. The van der Waals surface area contributed by atoms with E-state index >= 15 is 0 Å². The number of nitrogens with two attached hydrogens (primary N) is 1. The van der Waals surface area contributed by atoms with Gasteiger partial charge in [0.25, 0.3) is 0 Å². The van der Waals surface area contributed by atoms with Crippen LogP contribution in [-0.2, 0) is 0 Å². The standard InChI is InChI=1S/C12H20N6/c1-9-3-5-17(10(2)7-9)12(13)16-15-11-8-14-4-6-18(11)12/h4,6,8-10,16H,3,5,7,13H2,1-2H3. The molecule has 0 bridgehead atoms. The van der Waals surface area contributed by atoms with Gasteiger partial charge in [0.15, 0.2) is 5.84 Å². The van der Waals surface area contributed by atoms with Crippen LogP contribution in [0.4, 0.5) is 0 Å². The molecule has 0 aliphatic carbocycles. The van der Waals surface area contributed by atoms with Gasteiger partial charge in [0.05, 0.1) is 6.21 Å². The molecule has 98 valence electrons. The SMILES string of the molecule is CC1CCN(C2(N)NN=C3C=NC=CN32)C(C)C1. The van der Waals surface area contributed by atoms with Crippen LogP contribution in [-0.4, -0.2) is 40.3 Å². The van der Waals surface area contributed by atoms with E-state index in [1.54, 1.807) is 12.4 Å². The van der Waals surface area contributed by atoms with E-state index in [1.165, 1.54) is 12.8 Å². The van der Waals surface area contributed by atoms with Crippen molar-refractivity contribution < 1.29 is 0 Å². The molecule has 3 rings (SSSR count). The molecule has 0 radical (unpaired) electrons. The van der Waals surface area contributed by atoms with E-state index < -0.39 is 5.91 Å². The van der Waals surface area contributed by atoms with Crippen molar-refractivity contribution in [1.29, 1.82) is 0 Å². The lowest BCUT2D eigenvalue weighted by Gasteiger charge is -2.48. The highest BCUT2D eigenvalue weighted by Gasteiger charge is 2.47. The Kier molecular flexibility index (Phi) is 2.64. The first kappa shape index (κ1) is 11.7. The van der Waals surface area contributed by atoms with Gasteiger partial charge in [-0.05, 0) is 25.7 Å². The van der Waals surface area contributed by atoms with E-state index in [-0.39, 0.29) is 0 Å². The second-order valence-electron chi connectivity index (χ2n) is 5.43. The molecular weight excluding hydrogens is 228 g/mol. The Labute approximate surface area is 107 Å². The zero-order chi connectivity index (χ0) is 12.8. The van der Waals surface area contributed by atoms with Gasteiger partial charge in [0, 0.05) is 25.0 Å². The van der Waals surface area contributed by atoms with E-state index in [9.17, 15) is 0 Å². The van der Waals surface area contributed by atoms with Crippen molar-refractivity contribution in [2.24, 2.45) is 21.7 Å². The average molecular weight is 248 g/mol. The maximum Gasteiger partial charge on any atom is 0.247 e. The zero-order valence-corrected chi connectivity index (χ0v) is 10.9. The van der Waals surface area contributed by atoms with Gasteiger partial charge in [-0.3, -0.25) is 21.1 Å². The molecule has 6 nitrogen and oxygen atoms in total. The Morgan fingerprint density at radius 2 is 2.33 bits per heavy atom. The molecule has 0 amide bonds. The van der Waals surface area contributed by atoms with Crippen molar-refractivity contribution in [2.75, 3.05) is 6.54 Å². The van der Waals surface area contributed by atoms with E-state index in [2.05, 4.69) is 34.3 Å². The molecule has 3 atom stereocenters. The molecule has 3 unspecified atom stereocenters. The van der Waals surface area contributed by atoms with Crippen LogP contribution in [0.3, 0.4) is 0 Å². The van der Waals surface area contributed by atoms with Crippen LogP contribution >= 0.6 is 0 Å². The van der Waals surface area contributed by atoms with E-state index in [0.717, 1.165) is 18.3 Å². The van der Waals surface area contributed by atoms with Gasteiger partial charge in [-0.15, -0.1) is 0 Å². The Morgan fingerprint density at radius 3 is 3.11 bits per heavy atom. The molecule has 3 aliphatic heterocycles. The number of hydrogen-bond donors (Lipinski definition) is 2. The first-order chi connectivity index (χ1) is 8.61. The quantitative estimate of drug-likeness (QED) is 0.707. The normalized spacial score (nSPS) is 39.5. The van der Waals surface area contributed by atoms with Crippen LogP contribution < -0.4 is 11.2 Å². The minimum absolute atomic E-state index is 0.438. The molecule has 3 heterocycles. The molecule has 0 aromatic carbocycles. The number of hydrogen-bond acceptors (Lipinski definition) is 6. The fraction of sp³-hybridized carbons (Fsp3) is 0.667. The first-order valence-corrected chi connectivity index (χ1v) is 6.51. The predicted molar refractivity (Wildman–Crippen MR) is 71.5 cm³/mol. The summed E-state index contributed by atoms with van der Waals surface area (Å²) in [5, 5.41) is 4.26. The summed E-state index contributed by atoms with van der Waals surface area (Å²) in [5.74, 6) is 0.781. The summed E-state index contributed by atoms with van der Waals surface area (Å²) in [4.78, 5) is 8.31. The zero-order valence-electron chi connectivity index (χ0n) is 10.9. The van der Waals surface area contributed by atoms with Crippen molar-refractivity contribution in [3.63, 3.8) is 0 Å². The highest BCUT2D eigenvalue weighted by molar-refractivity contribution is 6.30. The minimum atomic E-state index is -0.752. The second kappa shape index (κ2) is 4.07. The Morgan fingerprint density at radius 1 is 1.50 bits per heavy atom. The number of piperidine rings is 1. The summed E-state index contributed by atoms with van der Waals surface area (Å²) in [6.45, 7) is 5.51. The highest BCUT2D eigenvalue weighted by atomic mass is 15.7. The molecule has 0 saturated carbocycles. The third kappa shape index (κ3) is 1.64. The number of nitrogens with zero attached hydrogens (tertiary/aromatic N) is 4. The predicted octanol–water partition coefficient (Wildman–Crippen LogP) is 0.451. The third-order valence-corrected chi connectivity index (χ3v) is 4.02. The second-order valence-corrected chi connectivity index (χ2v) is 5.43. The molecule has 0 aromatic rings. The van der Waals surface area contributed by atoms with Crippen LogP contribution in [0.5, 0.6) is 0 Å². The van der Waals surface area contributed by atoms with Crippen molar-refractivity contribution in [1.82, 2.24) is 15.2 Å². The van der Waals surface area contributed by atoms with Gasteiger partial charge < -0.3 is 0 Å². The van der Waals surface area contributed by atoms with E-state index in [4.69, 9.17) is 5.73 Å². The first-order valence-electron chi connectivity index (χ1n) is 6.51. The smallest absolute Gasteiger partial charge is 0.247 e. The van der Waals surface area contributed by atoms with Gasteiger partial charge in [0.1, 0.15) is 0 Å². The number of rotatable bonds is 1. The summed E-state index contributed by atoms with van der Waals surface area (Å²) < 4.78 is 0. The average Bonchev–Trinajstić information content (AvgIpc) is 2.69. The third-order valence-electron chi connectivity index (χ3n) is 4.02. The number of aliphatic imine (C=N–C) groups is 1. The summed E-state index contributed by atoms with van der Waals surface area (Å²) in [6, 6.07) is 0.438. The molecular formula is C12H20N6. The van der Waals surface area contributed by atoms with Gasteiger partial charge in [-0.1, -0.05) is 6.92 Å². The van der Waals surface area contributed by atoms with Gasteiger partial charge in [-0.2, -0.15) is 5.10 Å². The molecule has 6 heteroatoms. The summed E-state index contributed by atoms with van der Waals surface area (Å²) in [5.41, 5.74) is 9.60. The summed E-state index contributed by atoms with van der Waals surface area (Å²) in [7, 11) is 0. The number of amidine groups is 1. The number of fused-ring (bicyclic) bond motifs is 1. The summed E-state index contributed by atoms with van der Waals surface area (Å²) >= 11 is 0. The van der Waals surface area contributed by atoms with Gasteiger partial charge in [-0.25, -0.2) is 4.90 Å². The van der Waals surface area contributed by atoms with Crippen molar-refractivity contribution in [3.05, 3.63) is 12.4 Å². The lowest BCUT2D eigenvalue weighted by molar-refractivity contribution is -0.0578. The summed E-state index contributed by atoms with van der Waals surface area (Å²) in [6.07, 6.45) is 7.68. The Balaban J connectivity index is 1.84. The maximum atomic E-state index is 6.54. The van der Waals surface area contributed by atoms with E-state index in [1.807, 2.05) is 11.1 Å². The minimum Gasteiger partial charge on any atom is -0.278 e. The fourth-order valence-electron chi connectivity index (χ4n) is 3.03. The lowest BCUT2D eigenvalue weighted by Crippen LogP contribution is -2.73. The molecule has 0 spiro atoms. The topological polar surface area (TPSA) is 69.2 Å². The van der Waals surface area contributed by atoms with E-state index in [0.29, 0.717) is 6.04 Å². The Bertz CT molecular complexity index is 428. The van der Waals surface area contributed by atoms with Crippen LogP contribution in [0.25, 0.3) is 0 Å². The largest absolute Gasteiger partial charge is 0.278 e. The molecule has 0 aromatic heterocycles. The van der Waals surface area contributed by atoms with Crippen LogP contribution in [0.2, 0.25) is 0 Å². The molecule has 1 saturated heterocycles. The highest BCUT2D eigenvalue weighted by Crippen LogP contribution is 2.29. The van der Waals surface area contributed by atoms with Gasteiger partial charge in [0.2, 0.25) is 5.91 Å². The molecule has 3 N–H and O–H groups in total. The van der Waals surface area contributed by atoms with Crippen LogP contribution in [0.1, 0.15) is 26.7 Å². The molecule has 18 heavy (non-hydrogen) atoms. The number of nitrogens with one attached hydrogen (secondary N) is 1. The van der Waals surface area contributed by atoms with Gasteiger partial charge >= 0.3 is 0 Å². The van der Waals surface area contributed by atoms with Crippen LogP contribution in [0, 0.1) is 5.92 Å². The number of hydrazone groups is 1. The molecule has 1 fully saturated rings. The van der Waals surface area contributed by atoms with Crippen LogP contribution in [0.15, 0.2) is 22.5 Å². The number of likely N-dealkylation sites (tertiary alicyclic amines) is 1.